The molecule has 0 bridgehead atoms. The minimum Gasteiger partial charge on any atom is -0.354 e. The van der Waals surface area contributed by atoms with E-state index in [-0.39, 0.29) is 12.3 Å². The molecule has 6 nitrogen and oxygen atoms in total. The molecule has 0 fully saturated rings. The van der Waals surface area contributed by atoms with Crippen molar-refractivity contribution in [2.75, 3.05) is 26.4 Å². The molecule has 0 aromatic heterocycles. The van der Waals surface area contributed by atoms with Crippen molar-refractivity contribution in [2.45, 2.75) is 26.7 Å². The Morgan fingerprint density at radius 3 is 2.17 bits per heavy atom. The molecule has 0 aromatic carbocycles. The predicted octanol–water partition coefficient (Wildman–Crippen LogP) is 0.324. The molecule has 0 rings (SSSR count). The maximum absolute atomic E-state index is 11.9. The Bertz CT molecular complexity index is 419. The summed E-state index contributed by atoms with van der Waals surface area (Å²) in [5.74, 6) is -0.565. The van der Waals surface area contributed by atoms with Gasteiger partial charge in [-0.15, -0.1) is 0 Å². The monoisotopic (exact) mass is 275 g/mol. The Morgan fingerprint density at radius 2 is 1.83 bits per heavy atom. The van der Waals surface area contributed by atoms with Crippen molar-refractivity contribution >= 4 is 15.9 Å². The van der Waals surface area contributed by atoms with Crippen LogP contribution in [-0.4, -0.2) is 45.0 Å². The molecule has 1 amide bonds. The van der Waals surface area contributed by atoms with Gasteiger partial charge >= 0.3 is 0 Å². The minimum atomic E-state index is -3.32. The van der Waals surface area contributed by atoms with Gasteiger partial charge in [0.15, 0.2) is 0 Å². The molecule has 0 heterocycles. The fraction of sp³-hybridized carbons (Fsp3) is 0.818. The zero-order valence-corrected chi connectivity index (χ0v) is 12.2. The molecule has 18 heavy (non-hydrogen) atoms. The summed E-state index contributed by atoms with van der Waals surface area (Å²) in [5, 5.41) is 11.6. The minimum absolute atomic E-state index is 0.0166. The summed E-state index contributed by atoms with van der Waals surface area (Å²) in [6, 6.07) is 2.01. The van der Waals surface area contributed by atoms with E-state index in [1.165, 1.54) is 14.1 Å². The molecule has 0 saturated carbocycles. The van der Waals surface area contributed by atoms with E-state index in [2.05, 4.69) is 5.32 Å². The van der Waals surface area contributed by atoms with Gasteiger partial charge in [-0.2, -0.15) is 5.26 Å². The first-order valence-corrected chi connectivity index (χ1v) is 7.46. The van der Waals surface area contributed by atoms with Crippen LogP contribution in [0.2, 0.25) is 0 Å². The third-order valence-electron chi connectivity index (χ3n) is 3.06. The molecule has 0 spiro atoms. The summed E-state index contributed by atoms with van der Waals surface area (Å²) in [6.45, 7) is 3.55. The molecule has 0 unspecified atom stereocenters. The standard InChI is InChI=1S/C11H21N3O3S/c1-5-11(6-2,9-12)10(15)13-7-8-18(16,17)14(3)4/h5-8H2,1-4H3,(H,13,15). The van der Waals surface area contributed by atoms with Crippen LogP contribution in [0.4, 0.5) is 0 Å². The molecule has 104 valence electrons. The summed E-state index contributed by atoms with van der Waals surface area (Å²) >= 11 is 0. The summed E-state index contributed by atoms with van der Waals surface area (Å²) in [7, 11) is -0.445. The third-order valence-corrected chi connectivity index (χ3v) is 4.89. The van der Waals surface area contributed by atoms with Crippen LogP contribution in [0.25, 0.3) is 0 Å². The van der Waals surface area contributed by atoms with Crippen LogP contribution >= 0.6 is 0 Å². The smallest absolute Gasteiger partial charge is 0.240 e. The van der Waals surface area contributed by atoms with Gasteiger partial charge in [-0.05, 0) is 12.8 Å². The fourth-order valence-electron chi connectivity index (χ4n) is 1.43. The quantitative estimate of drug-likeness (QED) is 0.724. The van der Waals surface area contributed by atoms with E-state index in [1.54, 1.807) is 13.8 Å². The van der Waals surface area contributed by atoms with Crippen LogP contribution in [0.5, 0.6) is 0 Å². The van der Waals surface area contributed by atoms with Gasteiger partial charge in [0.05, 0.1) is 11.8 Å². The predicted molar refractivity (Wildman–Crippen MR) is 69.1 cm³/mol. The highest BCUT2D eigenvalue weighted by Gasteiger charge is 2.34. The maximum Gasteiger partial charge on any atom is 0.240 e. The summed E-state index contributed by atoms with van der Waals surface area (Å²) in [4.78, 5) is 11.9. The van der Waals surface area contributed by atoms with Crippen molar-refractivity contribution < 1.29 is 13.2 Å². The number of amides is 1. The Labute approximate surface area is 109 Å². The maximum atomic E-state index is 11.9. The van der Waals surface area contributed by atoms with Crippen LogP contribution in [0.3, 0.4) is 0 Å². The van der Waals surface area contributed by atoms with Gasteiger partial charge < -0.3 is 5.32 Å². The van der Waals surface area contributed by atoms with Crippen molar-refractivity contribution in [1.82, 2.24) is 9.62 Å². The first kappa shape index (κ1) is 16.9. The summed E-state index contributed by atoms with van der Waals surface area (Å²) in [6.07, 6.45) is 0.818. The van der Waals surface area contributed by atoms with Crippen molar-refractivity contribution in [3.63, 3.8) is 0 Å². The molecule has 0 aliphatic carbocycles. The van der Waals surface area contributed by atoms with E-state index >= 15 is 0 Å². The zero-order chi connectivity index (χ0) is 14.4. The fourth-order valence-corrected chi connectivity index (χ4v) is 2.15. The number of nitriles is 1. The van der Waals surface area contributed by atoms with Gasteiger partial charge in [0.2, 0.25) is 15.9 Å². The van der Waals surface area contributed by atoms with Gasteiger partial charge in [0.25, 0.3) is 0 Å². The highest BCUT2D eigenvalue weighted by atomic mass is 32.2. The van der Waals surface area contributed by atoms with Crippen LogP contribution in [0.15, 0.2) is 0 Å². The van der Waals surface area contributed by atoms with Crippen molar-refractivity contribution in [3.8, 4) is 6.07 Å². The lowest BCUT2D eigenvalue weighted by Crippen LogP contribution is -2.42. The number of carbonyl (C=O) groups excluding carboxylic acids is 1. The van der Waals surface area contributed by atoms with Crippen LogP contribution < -0.4 is 5.32 Å². The second-order valence-corrected chi connectivity index (χ2v) is 6.56. The van der Waals surface area contributed by atoms with Gasteiger partial charge in [0.1, 0.15) is 5.41 Å². The van der Waals surface area contributed by atoms with E-state index in [0.717, 1.165) is 4.31 Å². The van der Waals surface area contributed by atoms with E-state index in [1.807, 2.05) is 6.07 Å². The lowest BCUT2D eigenvalue weighted by atomic mass is 9.83. The third kappa shape index (κ3) is 3.96. The molecular formula is C11H21N3O3S. The Kier molecular flexibility index (Phi) is 6.29. The molecule has 1 N–H and O–H groups in total. The molecule has 0 saturated heterocycles. The topological polar surface area (TPSA) is 90.3 Å². The molecule has 0 atom stereocenters. The Morgan fingerprint density at radius 1 is 1.33 bits per heavy atom. The highest BCUT2D eigenvalue weighted by Crippen LogP contribution is 2.25. The second-order valence-electron chi connectivity index (χ2n) is 4.26. The van der Waals surface area contributed by atoms with E-state index in [4.69, 9.17) is 5.26 Å². The first-order chi connectivity index (χ1) is 8.25. The lowest BCUT2D eigenvalue weighted by Gasteiger charge is -2.22. The number of nitrogens with zero attached hydrogens (tertiary/aromatic N) is 2. The van der Waals surface area contributed by atoms with Crippen LogP contribution in [0.1, 0.15) is 26.7 Å². The normalized spacial score (nSPS) is 12.2. The number of hydrogen-bond acceptors (Lipinski definition) is 4. The molecular weight excluding hydrogens is 254 g/mol. The van der Waals surface area contributed by atoms with Crippen molar-refractivity contribution in [1.29, 1.82) is 5.26 Å². The van der Waals surface area contributed by atoms with Crippen LogP contribution in [-0.2, 0) is 14.8 Å². The zero-order valence-electron chi connectivity index (χ0n) is 11.4. The Balaban J connectivity index is 4.50. The summed E-state index contributed by atoms with van der Waals surface area (Å²) < 4.78 is 24.1. The molecule has 0 radical (unpaired) electrons. The molecule has 7 heteroatoms. The lowest BCUT2D eigenvalue weighted by molar-refractivity contribution is -0.128. The second kappa shape index (κ2) is 6.71. The average Bonchev–Trinajstić information content (AvgIpc) is 2.31. The number of sulfonamides is 1. The molecule has 0 aliphatic rings. The van der Waals surface area contributed by atoms with E-state index < -0.39 is 21.3 Å². The molecule has 0 aromatic rings. The van der Waals surface area contributed by atoms with Gasteiger partial charge in [-0.3, -0.25) is 4.79 Å². The average molecular weight is 275 g/mol. The van der Waals surface area contributed by atoms with Gasteiger partial charge in [0, 0.05) is 20.6 Å². The van der Waals surface area contributed by atoms with Crippen LogP contribution in [0, 0.1) is 16.7 Å². The number of hydrogen-bond donors (Lipinski definition) is 1. The largest absolute Gasteiger partial charge is 0.354 e. The van der Waals surface area contributed by atoms with E-state index in [0.29, 0.717) is 12.8 Å². The van der Waals surface area contributed by atoms with Gasteiger partial charge in [-0.1, -0.05) is 13.8 Å². The number of carbonyl (C=O) groups is 1. The van der Waals surface area contributed by atoms with Gasteiger partial charge in [-0.25, -0.2) is 12.7 Å². The van der Waals surface area contributed by atoms with Crippen molar-refractivity contribution in [3.05, 3.63) is 0 Å². The molecule has 0 aliphatic heterocycles. The number of nitrogens with one attached hydrogen (secondary N) is 1. The SMILES string of the molecule is CCC(C#N)(CC)C(=O)NCCS(=O)(=O)N(C)C. The highest BCUT2D eigenvalue weighted by molar-refractivity contribution is 7.89. The first-order valence-electron chi connectivity index (χ1n) is 5.85. The number of rotatable bonds is 7. The Hall–Kier alpha value is -1.13. The van der Waals surface area contributed by atoms with E-state index in [9.17, 15) is 13.2 Å². The van der Waals surface area contributed by atoms with Crippen molar-refractivity contribution in [2.24, 2.45) is 5.41 Å². The summed E-state index contributed by atoms with van der Waals surface area (Å²) in [5.41, 5.74) is -1.05.